The number of ether oxygens (including phenoxy) is 1. The fraction of sp³-hybridized carbons (Fsp3) is 0.296. The van der Waals surface area contributed by atoms with Gasteiger partial charge in [0.15, 0.2) is 0 Å². The Kier molecular flexibility index (Phi) is 7.87. The minimum absolute atomic E-state index is 0.0887. The van der Waals surface area contributed by atoms with Crippen molar-refractivity contribution in [3.63, 3.8) is 0 Å². The van der Waals surface area contributed by atoms with E-state index in [1.165, 1.54) is 24.3 Å². The number of urea groups is 1. The van der Waals surface area contributed by atoms with Crippen LogP contribution in [0.2, 0.25) is 0 Å². The third-order valence-corrected chi connectivity index (χ3v) is 5.97. The van der Waals surface area contributed by atoms with Gasteiger partial charge in [0.05, 0.1) is 6.61 Å². The van der Waals surface area contributed by atoms with Crippen LogP contribution in [0.25, 0.3) is 0 Å². The van der Waals surface area contributed by atoms with Gasteiger partial charge in [0, 0.05) is 38.4 Å². The predicted octanol–water partition coefficient (Wildman–Crippen LogP) is 5.23. The van der Waals surface area contributed by atoms with Crippen LogP contribution < -0.4 is 5.32 Å². The molecule has 1 saturated heterocycles. The van der Waals surface area contributed by atoms with Crippen LogP contribution >= 0.6 is 0 Å². The summed E-state index contributed by atoms with van der Waals surface area (Å²) in [5.41, 5.74) is 3.52. The van der Waals surface area contributed by atoms with Crippen LogP contribution in [0.15, 0.2) is 72.8 Å². The first-order valence-corrected chi connectivity index (χ1v) is 11.5. The van der Waals surface area contributed by atoms with Crippen LogP contribution in [-0.4, -0.2) is 55.2 Å². The molecule has 0 bridgehead atoms. The summed E-state index contributed by atoms with van der Waals surface area (Å²) in [5, 5.41) is 2.96. The molecular weight excluding hydrogens is 436 g/mol. The van der Waals surface area contributed by atoms with E-state index in [0.29, 0.717) is 26.2 Å². The zero-order chi connectivity index (χ0) is 23.9. The van der Waals surface area contributed by atoms with Gasteiger partial charge in [-0.25, -0.2) is 13.6 Å². The first-order chi connectivity index (χ1) is 16.5. The van der Waals surface area contributed by atoms with Crippen molar-refractivity contribution in [1.82, 2.24) is 9.80 Å². The van der Waals surface area contributed by atoms with Crippen LogP contribution in [0.4, 0.5) is 19.3 Å². The summed E-state index contributed by atoms with van der Waals surface area (Å²) in [5.74, 6) is -0.628. The SMILES string of the molecule is Cc1cccc(NC(=O)N2CCN(CCOC(c3ccc(F)cc3)c3ccc(F)cc3)CC2)c1. The standard InChI is InChI=1S/C27H29F2N3O2/c1-20-3-2-4-25(19-20)30-27(33)32-15-13-31(14-16-32)17-18-34-26(21-5-9-23(28)10-6-21)22-7-11-24(29)12-8-22/h2-12,19,26H,13-18H2,1H3,(H,30,33). The molecule has 1 aliphatic rings. The van der Waals surface area contributed by atoms with Gasteiger partial charge in [0.25, 0.3) is 0 Å². The van der Waals surface area contributed by atoms with Gasteiger partial charge in [-0.15, -0.1) is 0 Å². The highest BCUT2D eigenvalue weighted by molar-refractivity contribution is 5.89. The number of piperazine rings is 1. The number of halogens is 2. The molecule has 0 spiro atoms. The highest BCUT2D eigenvalue weighted by atomic mass is 19.1. The maximum atomic E-state index is 13.4. The van der Waals surface area contributed by atoms with Gasteiger partial charge in [-0.3, -0.25) is 4.90 Å². The largest absolute Gasteiger partial charge is 0.367 e. The second-order valence-electron chi connectivity index (χ2n) is 8.48. The smallest absolute Gasteiger partial charge is 0.321 e. The van der Waals surface area contributed by atoms with Crippen molar-refractivity contribution in [3.8, 4) is 0 Å². The number of anilines is 1. The van der Waals surface area contributed by atoms with E-state index < -0.39 is 6.10 Å². The zero-order valence-electron chi connectivity index (χ0n) is 19.2. The molecule has 178 valence electrons. The van der Waals surface area contributed by atoms with Gasteiger partial charge in [-0.2, -0.15) is 0 Å². The molecule has 5 nitrogen and oxygen atoms in total. The molecular formula is C27H29F2N3O2. The van der Waals surface area contributed by atoms with Gasteiger partial charge in [-0.1, -0.05) is 36.4 Å². The summed E-state index contributed by atoms with van der Waals surface area (Å²) in [7, 11) is 0. The summed E-state index contributed by atoms with van der Waals surface area (Å²) in [4.78, 5) is 16.6. The quantitative estimate of drug-likeness (QED) is 0.520. The lowest BCUT2D eigenvalue weighted by Crippen LogP contribution is -2.50. The minimum atomic E-state index is -0.414. The van der Waals surface area contributed by atoms with E-state index in [4.69, 9.17) is 4.74 Å². The predicted molar refractivity (Wildman–Crippen MR) is 129 cm³/mol. The van der Waals surface area contributed by atoms with Crippen molar-refractivity contribution in [2.24, 2.45) is 0 Å². The first kappa shape index (κ1) is 23.9. The molecule has 1 aliphatic heterocycles. The Morgan fingerprint density at radius 3 is 2.06 bits per heavy atom. The Hall–Kier alpha value is -3.29. The lowest BCUT2D eigenvalue weighted by atomic mass is 10.0. The van der Waals surface area contributed by atoms with Crippen molar-refractivity contribution < 1.29 is 18.3 Å². The maximum Gasteiger partial charge on any atom is 0.321 e. The average Bonchev–Trinajstić information content (AvgIpc) is 2.84. The van der Waals surface area contributed by atoms with Crippen LogP contribution in [0.5, 0.6) is 0 Å². The molecule has 3 aromatic carbocycles. The third-order valence-electron chi connectivity index (χ3n) is 5.97. The Bertz CT molecular complexity index is 1040. The Morgan fingerprint density at radius 2 is 1.50 bits per heavy atom. The number of amides is 2. The molecule has 2 amide bonds. The van der Waals surface area contributed by atoms with Crippen molar-refractivity contribution in [3.05, 3.63) is 101 Å². The highest BCUT2D eigenvalue weighted by Crippen LogP contribution is 2.26. The van der Waals surface area contributed by atoms with Crippen LogP contribution in [0, 0.1) is 18.6 Å². The van der Waals surface area contributed by atoms with E-state index >= 15 is 0 Å². The summed E-state index contributed by atoms with van der Waals surface area (Å²) in [6, 6.07) is 20.0. The molecule has 0 atom stereocenters. The number of carbonyl (C=O) groups is 1. The van der Waals surface area contributed by atoms with Crippen molar-refractivity contribution >= 4 is 11.7 Å². The fourth-order valence-corrected chi connectivity index (χ4v) is 4.06. The number of aryl methyl sites for hydroxylation is 1. The van der Waals surface area contributed by atoms with E-state index in [-0.39, 0.29) is 17.7 Å². The molecule has 7 heteroatoms. The van der Waals surface area contributed by atoms with Gasteiger partial charge in [0.1, 0.15) is 17.7 Å². The van der Waals surface area contributed by atoms with Gasteiger partial charge in [-0.05, 0) is 60.0 Å². The Morgan fingerprint density at radius 1 is 0.912 bits per heavy atom. The van der Waals surface area contributed by atoms with Crippen molar-refractivity contribution in [1.29, 1.82) is 0 Å². The maximum absolute atomic E-state index is 13.4. The van der Waals surface area contributed by atoms with Gasteiger partial charge < -0.3 is 15.0 Å². The number of nitrogens with zero attached hydrogens (tertiary/aromatic N) is 2. The van der Waals surface area contributed by atoms with Crippen molar-refractivity contribution in [2.45, 2.75) is 13.0 Å². The fourth-order valence-electron chi connectivity index (χ4n) is 4.06. The van der Waals surface area contributed by atoms with E-state index in [2.05, 4.69) is 10.2 Å². The van der Waals surface area contributed by atoms with E-state index in [0.717, 1.165) is 35.5 Å². The monoisotopic (exact) mass is 465 g/mol. The molecule has 1 heterocycles. The number of benzene rings is 3. The van der Waals surface area contributed by atoms with Crippen LogP contribution in [-0.2, 0) is 4.74 Å². The van der Waals surface area contributed by atoms with E-state index in [1.54, 1.807) is 24.3 Å². The first-order valence-electron chi connectivity index (χ1n) is 11.5. The molecule has 0 aromatic heterocycles. The van der Waals surface area contributed by atoms with Crippen molar-refractivity contribution in [2.75, 3.05) is 44.6 Å². The minimum Gasteiger partial charge on any atom is -0.367 e. The second-order valence-corrected chi connectivity index (χ2v) is 8.48. The summed E-state index contributed by atoms with van der Waals surface area (Å²) >= 11 is 0. The van der Waals surface area contributed by atoms with Gasteiger partial charge in [0.2, 0.25) is 0 Å². The highest BCUT2D eigenvalue weighted by Gasteiger charge is 2.22. The van der Waals surface area contributed by atoms with Gasteiger partial charge >= 0.3 is 6.03 Å². The lowest BCUT2D eigenvalue weighted by Gasteiger charge is -2.35. The number of nitrogens with one attached hydrogen (secondary N) is 1. The van der Waals surface area contributed by atoms with Crippen LogP contribution in [0.1, 0.15) is 22.8 Å². The Labute approximate surface area is 198 Å². The van der Waals surface area contributed by atoms with E-state index in [1.807, 2.05) is 36.1 Å². The number of rotatable bonds is 7. The lowest BCUT2D eigenvalue weighted by molar-refractivity contribution is 0.0498. The molecule has 4 rings (SSSR count). The third kappa shape index (κ3) is 6.40. The number of hydrogen-bond donors (Lipinski definition) is 1. The molecule has 3 aromatic rings. The van der Waals surface area contributed by atoms with Crippen LogP contribution in [0.3, 0.4) is 0 Å². The molecule has 0 aliphatic carbocycles. The molecule has 34 heavy (non-hydrogen) atoms. The molecule has 1 N–H and O–H groups in total. The zero-order valence-corrected chi connectivity index (χ0v) is 19.2. The molecule has 0 unspecified atom stereocenters. The Balaban J connectivity index is 1.28. The summed E-state index contributed by atoms with van der Waals surface area (Å²) in [6.07, 6.45) is -0.414. The summed E-state index contributed by atoms with van der Waals surface area (Å²) in [6.45, 7) is 5.92. The average molecular weight is 466 g/mol. The molecule has 1 fully saturated rings. The number of hydrogen-bond acceptors (Lipinski definition) is 3. The normalized spacial score (nSPS) is 14.4. The number of carbonyl (C=O) groups excluding carboxylic acids is 1. The second kappa shape index (κ2) is 11.2. The summed E-state index contributed by atoms with van der Waals surface area (Å²) < 4.78 is 33.0. The molecule has 0 saturated carbocycles. The van der Waals surface area contributed by atoms with E-state index in [9.17, 15) is 13.6 Å². The molecule has 0 radical (unpaired) electrons. The topological polar surface area (TPSA) is 44.8 Å².